The number of halogens is 1. The Hall–Kier alpha value is -5.69. The minimum atomic E-state index is -5.02. The van der Waals surface area contributed by atoms with Crippen molar-refractivity contribution in [3.8, 4) is 11.5 Å². The largest absolute Gasteiger partial charge is 0.494 e. The van der Waals surface area contributed by atoms with Gasteiger partial charge in [-0.1, -0.05) is 29.8 Å². The van der Waals surface area contributed by atoms with E-state index in [2.05, 4.69) is 46.7 Å². The number of hydrogen-bond donors (Lipinski definition) is 4. The summed E-state index contributed by atoms with van der Waals surface area (Å²) in [5.74, 6) is -0.751. The van der Waals surface area contributed by atoms with Gasteiger partial charge in [0.2, 0.25) is 27.8 Å². The third-order valence-corrected chi connectivity index (χ3v) is 12.9. The molecule has 0 radical (unpaired) electrons. The van der Waals surface area contributed by atoms with Crippen LogP contribution in [0, 0.1) is 6.92 Å². The van der Waals surface area contributed by atoms with Crippen LogP contribution in [0.5, 0.6) is 11.5 Å². The molecule has 0 aliphatic carbocycles. The number of methoxy groups -OCH3 is 2. The van der Waals surface area contributed by atoms with Crippen LogP contribution in [0.4, 0.5) is 34.5 Å². The molecule has 3 saturated heterocycles. The highest BCUT2D eigenvalue weighted by Gasteiger charge is 2.39. The molecule has 19 heteroatoms. The molecule has 3 amide bonds. The maximum absolute atomic E-state index is 13.1. The number of nitrogens with one attached hydrogen (secondary N) is 4. The Kier molecular flexibility index (Phi) is 10.8. The molecule has 0 spiro atoms. The number of nitrogens with zero attached hydrogens (tertiary/aromatic N) is 6. The van der Waals surface area contributed by atoms with E-state index in [9.17, 15) is 22.8 Å². The monoisotopic (exact) mass is 906 g/mol. The number of rotatable bonds is 14. The maximum Gasteiger partial charge on any atom is 0.255 e. The van der Waals surface area contributed by atoms with Gasteiger partial charge in [0.05, 0.1) is 42.0 Å². The Labute approximate surface area is 380 Å². The van der Waals surface area contributed by atoms with Crippen LogP contribution in [0.2, 0.25) is 5.02 Å². The quantitative estimate of drug-likeness (QED) is 0.125. The molecule has 63 heavy (non-hydrogen) atoms. The number of imide groups is 1. The topological polar surface area (TPSA) is 191 Å². The number of carbonyl (C=O) groups is 3. The number of benzene rings is 3. The van der Waals surface area contributed by atoms with Crippen molar-refractivity contribution >= 4 is 73.9 Å². The van der Waals surface area contributed by atoms with Crippen molar-refractivity contribution in [1.82, 2.24) is 30.0 Å². The average molecular weight is 908 g/mol. The predicted molar refractivity (Wildman–Crippen MR) is 242 cm³/mol. The van der Waals surface area contributed by atoms with Crippen molar-refractivity contribution in [3.05, 3.63) is 82.0 Å². The van der Waals surface area contributed by atoms with Crippen LogP contribution in [-0.2, 0) is 32.6 Å². The Bertz CT molecular complexity index is 2740. The Balaban J connectivity index is 0.851. The highest BCUT2D eigenvalue weighted by Crippen LogP contribution is 2.39. The zero-order chi connectivity index (χ0) is 49.4. The first-order chi connectivity index (χ1) is 32.7. The summed E-state index contributed by atoms with van der Waals surface area (Å²) < 4.78 is 83.2. The first-order valence-electron chi connectivity index (χ1n) is 23.7. The number of aromatic nitrogens is 2. The number of hydrogen-bond acceptors (Lipinski definition) is 14. The van der Waals surface area contributed by atoms with Gasteiger partial charge in [-0.15, -0.1) is 0 Å². The number of fused-ring (bicyclic) bond motifs is 1. The minimum absolute atomic E-state index is 0.00573. The van der Waals surface area contributed by atoms with Gasteiger partial charge in [0, 0.05) is 86.3 Å². The molecular formula is C44H53ClN10O7S. The normalized spacial score (nSPS) is 20.7. The number of piperazine rings is 1. The minimum Gasteiger partial charge on any atom is -0.494 e. The molecule has 8 rings (SSSR count). The zero-order valence-corrected chi connectivity index (χ0v) is 36.4. The molecule has 4 aliphatic heterocycles. The number of para-hydroxylation sites is 1. The van der Waals surface area contributed by atoms with Gasteiger partial charge < -0.3 is 34.8 Å². The summed E-state index contributed by atoms with van der Waals surface area (Å²) in [5.41, 5.74) is 4.69. The molecule has 1 aromatic heterocycles. The zero-order valence-electron chi connectivity index (χ0n) is 40.9. The van der Waals surface area contributed by atoms with E-state index in [4.69, 9.17) is 29.3 Å². The second-order valence-electron chi connectivity index (χ2n) is 16.1. The first-order valence-corrected chi connectivity index (χ1v) is 22.6. The van der Waals surface area contributed by atoms with Gasteiger partial charge in [-0.05, 0) is 73.6 Å². The van der Waals surface area contributed by atoms with Gasteiger partial charge >= 0.3 is 0 Å². The Morgan fingerprint density at radius 3 is 2.51 bits per heavy atom. The second-order valence-corrected chi connectivity index (χ2v) is 17.7. The van der Waals surface area contributed by atoms with Gasteiger partial charge in [0.25, 0.3) is 5.91 Å². The fourth-order valence-electron chi connectivity index (χ4n) is 8.90. The van der Waals surface area contributed by atoms with Gasteiger partial charge in [-0.25, -0.2) is 13.4 Å². The Morgan fingerprint density at radius 2 is 1.76 bits per heavy atom. The van der Waals surface area contributed by atoms with Crippen molar-refractivity contribution in [2.24, 2.45) is 0 Å². The van der Waals surface area contributed by atoms with E-state index < -0.39 is 46.6 Å². The van der Waals surface area contributed by atoms with Crippen molar-refractivity contribution in [3.63, 3.8) is 0 Å². The van der Waals surface area contributed by atoms with E-state index in [1.807, 2.05) is 35.9 Å². The highest BCUT2D eigenvalue weighted by molar-refractivity contribution is 7.92. The summed E-state index contributed by atoms with van der Waals surface area (Å²) in [6.45, 7) is 8.92. The average Bonchev–Trinajstić information content (AvgIpc) is 3.61. The van der Waals surface area contributed by atoms with Gasteiger partial charge in [0.15, 0.2) is 5.82 Å². The van der Waals surface area contributed by atoms with E-state index in [1.165, 1.54) is 24.4 Å². The molecule has 3 fully saturated rings. The molecule has 5 heterocycles. The lowest BCUT2D eigenvalue weighted by atomic mass is 10.00. The van der Waals surface area contributed by atoms with Crippen molar-refractivity contribution in [1.29, 1.82) is 0 Å². The van der Waals surface area contributed by atoms with Crippen LogP contribution in [-0.4, -0.2) is 129 Å². The van der Waals surface area contributed by atoms with Crippen LogP contribution < -0.4 is 35.0 Å². The second kappa shape index (κ2) is 18.6. The maximum atomic E-state index is 13.1. The molecule has 3 aromatic carbocycles. The lowest BCUT2D eigenvalue weighted by Crippen LogP contribution is -2.53. The number of anilines is 6. The van der Waals surface area contributed by atoms with E-state index in [0.717, 1.165) is 87.5 Å². The molecule has 0 bridgehead atoms. The number of carbonyl (C=O) groups excluding carboxylic acids is 3. The smallest absolute Gasteiger partial charge is 0.255 e. The molecule has 1 unspecified atom stereocenters. The van der Waals surface area contributed by atoms with E-state index in [-0.39, 0.29) is 40.7 Å². The number of aryl methyl sites for hydroxylation is 1. The summed E-state index contributed by atoms with van der Waals surface area (Å²) in [7, 11) is -6.47. The SMILES string of the molecule is [2H]C([2H])([2H])Oc1cccc(Nc2nc(Nc3cc(C)c(N4CCC(N5CCN(CCc6ccc7c(c6)CN(C6CCC(=O)NC6=O)C7=O)CC5)CC4)cc3OC)ncc2Cl)c1NS(=O)(=O)C([2H])([2H])[2H]. The standard InChI is InChI=1S/C44H53ClN10O7S/c1-27-22-34(48-44-46-25-32(45)41(50-44)47-33-6-5-7-37(61-2)40(33)51-63(4,59)60)38(62-3)24-36(27)54-16-13-30(14-17-54)53-20-18-52(19-21-53)15-12-28-8-9-31-29(23-28)26-55(43(31)58)35-10-11-39(56)49-42(35)57/h5-9,22-25,30,35,51H,10-21,26H2,1-4H3,(H,49,56,57)(H2,46,47,48,50)/i2D3,4D3. The Morgan fingerprint density at radius 1 is 0.952 bits per heavy atom. The predicted octanol–water partition coefficient (Wildman–Crippen LogP) is 4.90. The van der Waals surface area contributed by atoms with E-state index in [1.54, 1.807) is 12.0 Å². The first kappa shape index (κ1) is 36.8. The van der Waals surface area contributed by atoms with Crippen LogP contribution in [0.15, 0.2) is 54.7 Å². The molecule has 17 nitrogen and oxygen atoms in total. The summed E-state index contributed by atoms with van der Waals surface area (Å²) in [5, 5.41) is 8.39. The fraction of sp³-hybridized carbons (Fsp3) is 0.432. The third kappa shape index (κ3) is 9.93. The number of sulfonamides is 1. The fourth-order valence-corrected chi connectivity index (χ4v) is 9.52. The van der Waals surface area contributed by atoms with Crippen LogP contribution in [0.25, 0.3) is 0 Å². The van der Waals surface area contributed by atoms with Gasteiger partial charge in [-0.3, -0.25) is 29.3 Å². The van der Waals surface area contributed by atoms with Crippen molar-refractivity contribution in [2.75, 3.05) is 86.4 Å². The highest BCUT2D eigenvalue weighted by atomic mass is 35.5. The lowest BCUT2D eigenvalue weighted by molar-refractivity contribution is -0.136. The third-order valence-electron chi connectivity index (χ3n) is 12.2. The number of piperidine rings is 2. The van der Waals surface area contributed by atoms with Crippen molar-refractivity contribution < 1.29 is 40.5 Å². The number of ether oxygens (including phenoxy) is 2. The molecule has 4 aliphatic rings. The molecule has 0 saturated carbocycles. The summed E-state index contributed by atoms with van der Waals surface area (Å²) in [6.07, 6.45) is 1.25. The summed E-state index contributed by atoms with van der Waals surface area (Å²) in [6, 6.07) is 13.6. The molecule has 1 atom stereocenters. The molecule has 4 aromatic rings. The van der Waals surface area contributed by atoms with Gasteiger partial charge in [-0.2, -0.15) is 4.98 Å². The van der Waals surface area contributed by atoms with Gasteiger partial charge in [0.1, 0.15) is 28.3 Å². The summed E-state index contributed by atoms with van der Waals surface area (Å²) >= 11 is 6.46. The number of amides is 3. The lowest BCUT2D eigenvalue weighted by Gasteiger charge is -2.43. The van der Waals surface area contributed by atoms with E-state index >= 15 is 0 Å². The van der Waals surface area contributed by atoms with Crippen LogP contribution in [0.1, 0.15) is 61.0 Å². The molecular weight excluding hydrogens is 848 g/mol. The van der Waals surface area contributed by atoms with Crippen LogP contribution >= 0.6 is 11.6 Å². The van der Waals surface area contributed by atoms with Crippen molar-refractivity contribution in [2.45, 2.75) is 57.7 Å². The van der Waals surface area contributed by atoms with Crippen LogP contribution in [0.3, 0.4) is 0 Å². The molecule has 334 valence electrons. The summed E-state index contributed by atoms with van der Waals surface area (Å²) in [4.78, 5) is 55.1. The van der Waals surface area contributed by atoms with E-state index in [0.29, 0.717) is 36.0 Å². The molecule has 4 N–H and O–H groups in total.